The van der Waals surface area contributed by atoms with Crippen LogP contribution >= 0.6 is 0 Å². The van der Waals surface area contributed by atoms with Crippen molar-refractivity contribution in [1.29, 1.82) is 0 Å². The van der Waals surface area contributed by atoms with Crippen molar-refractivity contribution in [3.63, 3.8) is 0 Å². The van der Waals surface area contributed by atoms with Crippen LogP contribution in [-0.4, -0.2) is 25.8 Å². The van der Waals surface area contributed by atoms with E-state index in [0.29, 0.717) is 6.10 Å². The summed E-state index contributed by atoms with van der Waals surface area (Å²) in [5, 5.41) is 3.48. The molecule has 1 saturated carbocycles. The molecule has 1 rings (SSSR count). The van der Waals surface area contributed by atoms with Crippen LogP contribution in [-0.2, 0) is 4.74 Å². The van der Waals surface area contributed by atoms with Crippen LogP contribution in [0, 0.1) is 5.92 Å². The predicted molar refractivity (Wildman–Crippen MR) is 79.0 cm³/mol. The van der Waals surface area contributed by atoms with Gasteiger partial charge in [0.15, 0.2) is 0 Å². The minimum absolute atomic E-state index is 0.547. The van der Waals surface area contributed by atoms with Crippen molar-refractivity contribution in [2.75, 3.05) is 19.7 Å². The zero-order chi connectivity index (χ0) is 13.1. The standard InChI is InChI=1S/C16H33NO/c1-3-5-6-7-11-17-12-13-18-16-10-8-9-15(4-2)14-16/h15-17H,3-14H2,1-2H3. The van der Waals surface area contributed by atoms with Crippen LogP contribution in [0.15, 0.2) is 0 Å². The van der Waals surface area contributed by atoms with E-state index in [2.05, 4.69) is 19.2 Å². The summed E-state index contributed by atoms with van der Waals surface area (Å²) in [6.45, 7) is 7.65. The molecule has 1 N–H and O–H groups in total. The highest BCUT2D eigenvalue weighted by Crippen LogP contribution is 2.28. The van der Waals surface area contributed by atoms with Crippen molar-refractivity contribution < 1.29 is 4.74 Å². The maximum Gasteiger partial charge on any atom is 0.0594 e. The number of hydrogen-bond donors (Lipinski definition) is 1. The molecular weight excluding hydrogens is 222 g/mol. The lowest BCUT2D eigenvalue weighted by molar-refractivity contribution is 0.0143. The third kappa shape index (κ3) is 7.38. The Hall–Kier alpha value is -0.0800. The smallest absolute Gasteiger partial charge is 0.0594 e. The summed E-state index contributed by atoms with van der Waals surface area (Å²) in [5.41, 5.74) is 0. The van der Waals surface area contributed by atoms with Gasteiger partial charge in [0, 0.05) is 6.54 Å². The lowest BCUT2D eigenvalue weighted by atomic mass is 9.85. The predicted octanol–water partition coefficient (Wildman–Crippen LogP) is 4.14. The summed E-state index contributed by atoms with van der Waals surface area (Å²) in [4.78, 5) is 0. The summed E-state index contributed by atoms with van der Waals surface area (Å²) >= 11 is 0. The first-order valence-corrected chi connectivity index (χ1v) is 8.19. The zero-order valence-corrected chi connectivity index (χ0v) is 12.5. The Morgan fingerprint density at radius 3 is 2.72 bits per heavy atom. The Morgan fingerprint density at radius 2 is 1.94 bits per heavy atom. The van der Waals surface area contributed by atoms with Crippen molar-refractivity contribution >= 4 is 0 Å². The summed E-state index contributed by atoms with van der Waals surface area (Å²) in [6.07, 6.45) is 12.6. The number of ether oxygens (including phenoxy) is 1. The lowest BCUT2D eigenvalue weighted by Gasteiger charge is -2.28. The van der Waals surface area contributed by atoms with E-state index in [1.807, 2.05) is 0 Å². The summed E-state index contributed by atoms with van der Waals surface area (Å²) in [7, 11) is 0. The fourth-order valence-electron chi connectivity index (χ4n) is 2.86. The number of rotatable bonds is 10. The molecule has 1 aliphatic carbocycles. The molecule has 0 aromatic rings. The van der Waals surface area contributed by atoms with Crippen LogP contribution < -0.4 is 5.32 Å². The maximum absolute atomic E-state index is 5.98. The minimum Gasteiger partial charge on any atom is -0.377 e. The zero-order valence-electron chi connectivity index (χ0n) is 12.5. The van der Waals surface area contributed by atoms with Gasteiger partial charge in [-0.05, 0) is 31.7 Å². The molecule has 0 aliphatic heterocycles. The first kappa shape index (κ1) is 16.0. The average molecular weight is 255 g/mol. The molecule has 0 aromatic heterocycles. The molecule has 0 aromatic carbocycles. The lowest BCUT2D eigenvalue weighted by Crippen LogP contribution is -2.27. The van der Waals surface area contributed by atoms with Gasteiger partial charge in [0.1, 0.15) is 0 Å². The molecule has 18 heavy (non-hydrogen) atoms. The van der Waals surface area contributed by atoms with Gasteiger partial charge in [0.25, 0.3) is 0 Å². The van der Waals surface area contributed by atoms with Gasteiger partial charge in [-0.1, -0.05) is 52.4 Å². The Labute approximate surface area is 114 Å². The normalized spacial score (nSPS) is 24.3. The molecule has 0 saturated heterocycles. The third-order valence-corrected chi connectivity index (χ3v) is 4.15. The van der Waals surface area contributed by atoms with Gasteiger partial charge in [-0.2, -0.15) is 0 Å². The highest BCUT2D eigenvalue weighted by Gasteiger charge is 2.20. The van der Waals surface area contributed by atoms with E-state index in [1.54, 1.807) is 0 Å². The average Bonchev–Trinajstić information content (AvgIpc) is 2.42. The fourth-order valence-corrected chi connectivity index (χ4v) is 2.86. The minimum atomic E-state index is 0.547. The maximum atomic E-state index is 5.98. The second-order valence-corrected chi connectivity index (χ2v) is 5.74. The highest BCUT2D eigenvalue weighted by molar-refractivity contribution is 4.72. The molecule has 108 valence electrons. The highest BCUT2D eigenvalue weighted by atomic mass is 16.5. The molecule has 0 spiro atoms. The van der Waals surface area contributed by atoms with E-state index in [0.717, 1.165) is 25.6 Å². The first-order chi connectivity index (χ1) is 8.86. The van der Waals surface area contributed by atoms with E-state index in [-0.39, 0.29) is 0 Å². The van der Waals surface area contributed by atoms with Crippen LogP contribution in [0.25, 0.3) is 0 Å². The fraction of sp³-hybridized carbons (Fsp3) is 1.00. The molecule has 0 amide bonds. The van der Waals surface area contributed by atoms with Gasteiger partial charge < -0.3 is 10.1 Å². The molecule has 2 heteroatoms. The number of hydrogen-bond acceptors (Lipinski definition) is 2. The quantitative estimate of drug-likeness (QED) is 0.592. The molecular formula is C16H33NO. The summed E-state index contributed by atoms with van der Waals surface area (Å²) < 4.78 is 5.98. The molecule has 2 atom stereocenters. The van der Waals surface area contributed by atoms with Crippen molar-refractivity contribution in [3.05, 3.63) is 0 Å². The molecule has 0 radical (unpaired) electrons. The molecule has 2 unspecified atom stereocenters. The van der Waals surface area contributed by atoms with Crippen molar-refractivity contribution in [2.45, 2.75) is 77.7 Å². The van der Waals surface area contributed by atoms with Gasteiger partial charge >= 0.3 is 0 Å². The summed E-state index contributed by atoms with van der Waals surface area (Å²) in [5.74, 6) is 0.922. The third-order valence-electron chi connectivity index (χ3n) is 4.15. The van der Waals surface area contributed by atoms with Gasteiger partial charge in [0.2, 0.25) is 0 Å². The molecule has 0 heterocycles. The molecule has 1 fully saturated rings. The van der Waals surface area contributed by atoms with E-state index in [9.17, 15) is 0 Å². The summed E-state index contributed by atoms with van der Waals surface area (Å²) in [6, 6.07) is 0. The van der Waals surface area contributed by atoms with E-state index >= 15 is 0 Å². The van der Waals surface area contributed by atoms with Gasteiger partial charge in [-0.3, -0.25) is 0 Å². The monoisotopic (exact) mass is 255 g/mol. The molecule has 2 nitrogen and oxygen atoms in total. The van der Waals surface area contributed by atoms with E-state index < -0.39 is 0 Å². The molecule has 1 aliphatic rings. The van der Waals surface area contributed by atoms with Crippen molar-refractivity contribution in [3.8, 4) is 0 Å². The van der Waals surface area contributed by atoms with Crippen LogP contribution in [0.4, 0.5) is 0 Å². The van der Waals surface area contributed by atoms with Crippen molar-refractivity contribution in [2.24, 2.45) is 5.92 Å². The van der Waals surface area contributed by atoms with Gasteiger partial charge in [-0.15, -0.1) is 0 Å². The number of unbranched alkanes of at least 4 members (excludes halogenated alkanes) is 3. The number of nitrogens with one attached hydrogen (secondary N) is 1. The topological polar surface area (TPSA) is 21.3 Å². The van der Waals surface area contributed by atoms with E-state index in [4.69, 9.17) is 4.74 Å². The second kappa shape index (κ2) is 10.8. The van der Waals surface area contributed by atoms with Gasteiger partial charge in [0.05, 0.1) is 12.7 Å². The Kier molecular flexibility index (Phi) is 9.59. The van der Waals surface area contributed by atoms with E-state index in [1.165, 1.54) is 57.8 Å². The van der Waals surface area contributed by atoms with Gasteiger partial charge in [-0.25, -0.2) is 0 Å². The van der Waals surface area contributed by atoms with Crippen LogP contribution in [0.2, 0.25) is 0 Å². The Morgan fingerprint density at radius 1 is 1.06 bits per heavy atom. The Balaban J connectivity index is 1.88. The first-order valence-electron chi connectivity index (χ1n) is 8.19. The SMILES string of the molecule is CCCCCCNCCOC1CCCC(CC)C1. The second-order valence-electron chi connectivity index (χ2n) is 5.74. The van der Waals surface area contributed by atoms with Crippen LogP contribution in [0.1, 0.15) is 71.6 Å². The van der Waals surface area contributed by atoms with Crippen LogP contribution in [0.3, 0.4) is 0 Å². The van der Waals surface area contributed by atoms with Crippen molar-refractivity contribution in [1.82, 2.24) is 5.32 Å². The largest absolute Gasteiger partial charge is 0.377 e. The van der Waals surface area contributed by atoms with Crippen LogP contribution in [0.5, 0.6) is 0 Å². The molecule has 0 bridgehead atoms. The Bertz CT molecular complexity index is 184.